The van der Waals surface area contributed by atoms with Crippen molar-refractivity contribution in [2.45, 2.75) is 31.8 Å². The number of ether oxygens (including phenoxy) is 1. The highest BCUT2D eigenvalue weighted by Gasteiger charge is 2.53. The lowest BCUT2D eigenvalue weighted by atomic mass is 9.62. The molecule has 0 atom stereocenters. The SMILES string of the molecule is NCCN1CC2(CC(Oc3ccc(Cl)c4c3CCC4=O)C2)C1. The first-order valence-corrected chi connectivity index (χ1v) is 8.42. The van der Waals surface area contributed by atoms with Crippen molar-refractivity contribution in [3.05, 3.63) is 28.3 Å². The largest absolute Gasteiger partial charge is 0.490 e. The first-order chi connectivity index (χ1) is 10.6. The van der Waals surface area contributed by atoms with Crippen molar-refractivity contribution in [1.29, 1.82) is 0 Å². The number of fused-ring (bicyclic) bond motifs is 1. The summed E-state index contributed by atoms with van der Waals surface area (Å²) in [5.74, 6) is 1.01. The number of carbonyl (C=O) groups is 1. The van der Waals surface area contributed by atoms with Crippen molar-refractivity contribution in [1.82, 2.24) is 4.90 Å². The number of Topliss-reactive ketones (excluding diaryl/α,β-unsaturated/α-hetero) is 1. The second-order valence-electron chi connectivity index (χ2n) is 6.97. The summed E-state index contributed by atoms with van der Waals surface area (Å²) in [6.07, 6.45) is 3.81. The molecule has 1 saturated heterocycles. The predicted molar refractivity (Wildman–Crippen MR) is 85.7 cm³/mol. The average molecular weight is 321 g/mol. The van der Waals surface area contributed by atoms with Crippen LogP contribution in [0.3, 0.4) is 0 Å². The molecule has 5 heteroatoms. The van der Waals surface area contributed by atoms with Gasteiger partial charge in [-0.1, -0.05) is 11.6 Å². The molecule has 1 saturated carbocycles. The molecule has 3 aliphatic rings. The summed E-state index contributed by atoms with van der Waals surface area (Å²) in [6, 6.07) is 3.71. The molecule has 22 heavy (non-hydrogen) atoms. The molecule has 1 heterocycles. The third-order valence-corrected chi connectivity index (χ3v) is 5.59. The fourth-order valence-electron chi connectivity index (χ4n) is 4.29. The van der Waals surface area contributed by atoms with Crippen molar-refractivity contribution in [2.75, 3.05) is 26.2 Å². The van der Waals surface area contributed by atoms with E-state index in [9.17, 15) is 4.79 Å². The van der Waals surface area contributed by atoms with Crippen LogP contribution in [0.2, 0.25) is 5.02 Å². The molecule has 0 bridgehead atoms. The minimum atomic E-state index is 0.145. The maximum Gasteiger partial charge on any atom is 0.165 e. The van der Waals surface area contributed by atoms with Crippen LogP contribution in [-0.4, -0.2) is 43.0 Å². The summed E-state index contributed by atoms with van der Waals surface area (Å²) >= 11 is 6.15. The molecule has 0 radical (unpaired) electrons. The average Bonchev–Trinajstić information content (AvgIpc) is 2.80. The van der Waals surface area contributed by atoms with Gasteiger partial charge in [-0.3, -0.25) is 4.79 Å². The highest BCUT2D eigenvalue weighted by Crippen LogP contribution is 2.50. The Bertz CT molecular complexity index is 617. The summed E-state index contributed by atoms with van der Waals surface area (Å²) in [5.41, 5.74) is 7.75. The van der Waals surface area contributed by atoms with Gasteiger partial charge in [-0.25, -0.2) is 0 Å². The number of rotatable bonds is 4. The Labute approximate surface area is 135 Å². The van der Waals surface area contributed by atoms with Crippen LogP contribution in [0.5, 0.6) is 5.75 Å². The Kier molecular flexibility index (Phi) is 3.44. The van der Waals surface area contributed by atoms with Gasteiger partial charge in [0.2, 0.25) is 0 Å². The van der Waals surface area contributed by atoms with Gasteiger partial charge in [-0.05, 0) is 31.4 Å². The Morgan fingerprint density at radius 2 is 2.09 bits per heavy atom. The van der Waals surface area contributed by atoms with E-state index in [2.05, 4.69) is 4.90 Å². The van der Waals surface area contributed by atoms with Gasteiger partial charge in [0, 0.05) is 49.1 Å². The van der Waals surface area contributed by atoms with Crippen molar-refractivity contribution >= 4 is 17.4 Å². The summed E-state index contributed by atoms with van der Waals surface area (Å²) < 4.78 is 6.17. The van der Waals surface area contributed by atoms with Crippen molar-refractivity contribution in [2.24, 2.45) is 11.1 Å². The number of hydrogen-bond donors (Lipinski definition) is 1. The smallest absolute Gasteiger partial charge is 0.165 e. The van der Waals surface area contributed by atoms with Crippen LogP contribution in [-0.2, 0) is 6.42 Å². The Morgan fingerprint density at radius 3 is 2.82 bits per heavy atom. The fraction of sp³-hybridized carbons (Fsp3) is 0.588. The Balaban J connectivity index is 1.40. The Hall–Kier alpha value is -1.10. The van der Waals surface area contributed by atoms with E-state index in [1.54, 1.807) is 6.07 Å². The molecule has 4 nitrogen and oxygen atoms in total. The molecule has 1 aliphatic heterocycles. The quantitative estimate of drug-likeness (QED) is 0.924. The zero-order valence-electron chi connectivity index (χ0n) is 12.6. The molecule has 1 aromatic rings. The second kappa shape index (κ2) is 5.22. The fourth-order valence-corrected chi connectivity index (χ4v) is 4.58. The molecule has 0 aromatic heterocycles. The maximum absolute atomic E-state index is 11.9. The number of hydrogen-bond acceptors (Lipinski definition) is 4. The minimum Gasteiger partial charge on any atom is -0.490 e. The zero-order chi connectivity index (χ0) is 15.3. The lowest BCUT2D eigenvalue weighted by Crippen LogP contribution is -2.65. The lowest BCUT2D eigenvalue weighted by Gasteiger charge is -2.58. The monoisotopic (exact) mass is 320 g/mol. The molecule has 1 aromatic carbocycles. The van der Waals surface area contributed by atoms with Crippen molar-refractivity contribution in [3.63, 3.8) is 0 Å². The van der Waals surface area contributed by atoms with E-state index in [1.165, 1.54) is 0 Å². The predicted octanol–water partition coefficient (Wildman–Crippen LogP) is 2.27. The molecule has 2 N–H and O–H groups in total. The van der Waals surface area contributed by atoms with Crippen LogP contribution in [0.15, 0.2) is 12.1 Å². The summed E-state index contributed by atoms with van der Waals surface area (Å²) in [5, 5.41) is 0.561. The van der Waals surface area contributed by atoms with Gasteiger partial charge in [0.1, 0.15) is 5.75 Å². The number of halogens is 1. The van der Waals surface area contributed by atoms with Crippen LogP contribution in [0.25, 0.3) is 0 Å². The van der Waals surface area contributed by atoms with E-state index < -0.39 is 0 Å². The number of nitrogens with zero attached hydrogens (tertiary/aromatic N) is 1. The van der Waals surface area contributed by atoms with Crippen molar-refractivity contribution in [3.8, 4) is 5.75 Å². The van der Waals surface area contributed by atoms with E-state index in [0.717, 1.165) is 56.8 Å². The van der Waals surface area contributed by atoms with Crippen LogP contribution >= 0.6 is 11.6 Å². The van der Waals surface area contributed by atoms with Gasteiger partial charge in [-0.15, -0.1) is 0 Å². The van der Waals surface area contributed by atoms with Crippen molar-refractivity contribution < 1.29 is 9.53 Å². The van der Waals surface area contributed by atoms with Gasteiger partial charge in [0.25, 0.3) is 0 Å². The molecule has 0 unspecified atom stereocenters. The van der Waals surface area contributed by atoms with Gasteiger partial charge in [-0.2, -0.15) is 0 Å². The van der Waals surface area contributed by atoms with Crippen LogP contribution in [0.1, 0.15) is 35.2 Å². The highest BCUT2D eigenvalue weighted by atomic mass is 35.5. The van der Waals surface area contributed by atoms with Crippen LogP contribution in [0, 0.1) is 5.41 Å². The van der Waals surface area contributed by atoms with E-state index in [1.807, 2.05) is 6.07 Å². The summed E-state index contributed by atoms with van der Waals surface area (Å²) in [6.45, 7) is 4.05. The number of likely N-dealkylation sites (tertiary alicyclic amines) is 1. The minimum absolute atomic E-state index is 0.145. The van der Waals surface area contributed by atoms with Gasteiger partial charge < -0.3 is 15.4 Å². The standard InChI is InChI=1S/C17H21ClN2O2/c18-13-2-4-15(12-1-3-14(21)16(12)13)22-11-7-17(8-11)9-20(10-17)6-5-19/h2,4,11H,1,3,5-10,19H2. The van der Waals surface area contributed by atoms with E-state index in [-0.39, 0.29) is 11.9 Å². The molecule has 1 spiro atoms. The lowest BCUT2D eigenvalue weighted by molar-refractivity contribution is -0.117. The van der Waals surface area contributed by atoms with Gasteiger partial charge >= 0.3 is 0 Å². The van der Waals surface area contributed by atoms with Crippen LogP contribution < -0.4 is 10.5 Å². The molecule has 0 amide bonds. The molecule has 4 rings (SSSR count). The Morgan fingerprint density at radius 1 is 1.32 bits per heavy atom. The molecular weight excluding hydrogens is 300 g/mol. The third-order valence-electron chi connectivity index (χ3n) is 5.28. The number of carbonyl (C=O) groups excluding carboxylic acids is 1. The molecule has 2 fully saturated rings. The number of benzene rings is 1. The van der Waals surface area contributed by atoms with Crippen LogP contribution in [0.4, 0.5) is 0 Å². The van der Waals surface area contributed by atoms with Gasteiger partial charge in [0.05, 0.1) is 11.1 Å². The summed E-state index contributed by atoms with van der Waals surface area (Å²) in [4.78, 5) is 14.3. The maximum atomic E-state index is 11.9. The topological polar surface area (TPSA) is 55.6 Å². The van der Waals surface area contributed by atoms with Gasteiger partial charge in [0.15, 0.2) is 5.78 Å². The second-order valence-corrected chi connectivity index (χ2v) is 7.38. The molecular formula is C17H21ClN2O2. The molecule has 118 valence electrons. The number of ketones is 1. The first kappa shape index (κ1) is 14.5. The first-order valence-electron chi connectivity index (χ1n) is 8.04. The number of nitrogens with two attached hydrogens (primary N) is 1. The zero-order valence-corrected chi connectivity index (χ0v) is 13.4. The normalized spacial score (nSPS) is 23.3. The third kappa shape index (κ3) is 2.25. The highest BCUT2D eigenvalue weighted by molar-refractivity contribution is 6.34. The molecule has 2 aliphatic carbocycles. The van der Waals surface area contributed by atoms with E-state index >= 15 is 0 Å². The van der Waals surface area contributed by atoms with E-state index in [4.69, 9.17) is 22.1 Å². The van der Waals surface area contributed by atoms with E-state index in [0.29, 0.717) is 22.4 Å². The summed E-state index contributed by atoms with van der Waals surface area (Å²) in [7, 11) is 0.